The Hall–Kier alpha value is -3.55. The first-order chi connectivity index (χ1) is 14.5. The van der Waals surface area contributed by atoms with Crippen molar-refractivity contribution in [3.8, 4) is 0 Å². The Labute approximate surface area is 174 Å². The summed E-state index contributed by atoms with van der Waals surface area (Å²) in [5.74, 6) is -2.66. The van der Waals surface area contributed by atoms with Crippen molar-refractivity contribution in [2.75, 3.05) is 12.4 Å². The van der Waals surface area contributed by atoms with Gasteiger partial charge >= 0.3 is 5.97 Å². The van der Waals surface area contributed by atoms with Crippen molar-refractivity contribution in [2.45, 2.75) is 19.8 Å². The Balaban J connectivity index is 2.05. The maximum absolute atomic E-state index is 13.3. The molecule has 0 saturated heterocycles. The molecule has 3 aromatic rings. The number of primary amides is 1. The van der Waals surface area contributed by atoms with Gasteiger partial charge in [-0.2, -0.15) is 5.10 Å². The molecule has 0 fully saturated rings. The van der Waals surface area contributed by atoms with Crippen molar-refractivity contribution >= 4 is 39.8 Å². The van der Waals surface area contributed by atoms with E-state index in [1.807, 2.05) is 0 Å². The van der Waals surface area contributed by atoms with Crippen LogP contribution in [0.2, 0.25) is 0 Å². The number of carbonyl (C=O) groups is 3. The molecule has 0 saturated carbocycles. The van der Waals surface area contributed by atoms with Gasteiger partial charge in [-0.3, -0.25) is 9.59 Å². The number of esters is 1. The molecule has 3 heterocycles. The van der Waals surface area contributed by atoms with Gasteiger partial charge in [0.05, 0.1) is 17.6 Å². The van der Waals surface area contributed by atoms with Gasteiger partial charge in [-0.05, 0) is 18.6 Å². The van der Waals surface area contributed by atoms with E-state index in [0.29, 0.717) is 21.9 Å². The van der Waals surface area contributed by atoms with Gasteiger partial charge in [-0.15, -0.1) is 11.3 Å². The molecule has 0 atom stereocenters. The quantitative estimate of drug-likeness (QED) is 0.431. The molecule has 0 aliphatic heterocycles. The number of thiophene rings is 1. The van der Waals surface area contributed by atoms with Gasteiger partial charge in [0.25, 0.3) is 24.7 Å². The molecule has 3 aromatic heterocycles. The number of nitrogens with two attached hydrogens (primary N) is 1. The van der Waals surface area contributed by atoms with Gasteiger partial charge in [-0.1, -0.05) is 0 Å². The summed E-state index contributed by atoms with van der Waals surface area (Å²) in [5.41, 5.74) is 2.71. The van der Waals surface area contributed by atoms with Crippen molar-refractivity contribution in [3.05, 3.63) is 45.2 Å². The summed E-state index contributed by atoms with van der Waals surface area (Å²) in [6, 6.07) is 1.43. The molecule has 31 heavy (non-hydrogen) atoms. The number of rotatable bonds is 6. The molecule has 14 heteroatoms. The van der Waals surface area contributed by atoms with E-state index in [-0.39, 0.29) is 21.0 Å². The number of ether oxygens (including phenoxy) is 1. The zero-order valence-electron chi connectivity index (χ0n) is 15.8. The highest BCUT2D eigenvalue weighted by molar-refractivity contribution is 7.18. The summed E-state index contributed by atoms with van der Waals surface area (Å²) >= 11 is 0.706. The lowest BCUT2D eigenvalue weighted by Crippen LogP contribution is -2.15. The number of anilines is 1. The largest absolute Gasteiger partial charge is 0.465 e. The fourth-order valence-corrected chi connectivity index (χ4v) is 3.79. The molecule has 0 bridgehead atoms. The number of nitrogens with one attached hydrogen (secondary N) is 1. The van der Waals surface area contributed by atoms with Crippen molar-refractivity contribution < 1.29 is 36.7 Å². The summed E-state index contributed by atoms with van der Waals surface area (Å²) in [7, 11) is 1.09. The third kappa shape index (κ3) is 4.05. The number of halogens is 4. The van der Waals surface area contributed by atoms with E-state index in [9.17, 15) is 31.9 Å². The van der Waals surface area contributed by atoms with Crippen LogP contribution in [0.5, 0.6) is 0 Å². The number of alkyl halides is 4. The minimum Gasteiger partial charge on any atom is -0.465 e. The summed E-state index contributed by atoms with van der Waals surface area (Å²) in [6.45, 7) is 1.42. The molecule has 0 unspecified atom stereocenters. The van der Waals surface area contributed by atoms with Crippen LogP contribution in [0, 0.1) is 6.92 Å². The van der Waals surface area contributed by atoms with Gasteiger partial charge in [-0.25, -0.2) is 31.9 Å². The van der Waals surface area contributed by atoms with Crippen LogP contribution < -0.4 is 11.1 Å². The van der Waals surface area contributed by atoms with Crippen LogP contribution >= 0.6 is 11.3 Å². The highest BCUT2D eigenvalue weighted by Crippen LogP contribution is 2.34. The fourth-order valence-electron chi connectivity index (χ4n) is 2.75. The van der Waals surface area contributed by atoms with Gasteiger partial charge in [0, 0.05) is 6.07 Å². The number of methoxy groups -OCH3 is 1. The molecule has 0 radical (unpaired) electrons. The average Bonchev–Trinajstić information content (AvgIpc) is 3.27. The number of fused-ring (bicyclic) bond motifs is 1. The number of hydrogen-bond donors (Lipinski definition) is 2. The Morgan fingerprint density at radius 2 is 1.87 bits per heavy atom. The van der Waals surface area contributed by atoms with Crippen LogP contribution in [0.3, 0.4) is 0 Å². The lowest BCUT2D eigenvalue weighted by atomic mass is 10.1. The van der Waals surface area contributed by atoms with Crippen molar-refractivity contribution in [1.29, 1.82) is 0 Å². The summed E-state index contributed by atoms with van der Waals surface area (Å²) in [5, 5.41) is 5.95. The predicted molar refractivity (Wildman–Crippen MR) is 99.8 cm³/mol. The van der Waals surface area contributed by atoms with Crippen molar-refractivity contribution in [1.82, 2.24) is 14.6 Å². The zero-order valence-corrected chi connectivity index (χ0v) is 16.6. The highest BCUT2D eigenvalue weighted by Gasteiger charge is 2.27. The van der Waals surface area contributed by atoms with Crippen LogP contribution in [0.15, 0.2) is 12.1 Å². The molecule has 0 aliphatic carbocycles. The minimum atomic E-state index is -3.16. The van der Waals surface area contributed by atoms with Crippen LogP contribution in [0.25, 0.3) is 5.65 Å². The van der Waals surface area contributed by atoms with E-state index < -0.39 is 53.4 Å². The second-order valence-corrected chi connectivity index (χ2v) is 7.10. The first-order valence-electron chi connectivity index (χ1n) is 8.34. The monoisotopic (exact) mass is 459 g/mol. The van der Waals surface area contributed by atoms with Gasteiger partial charge in [0.15, 0.2) is 11.3 Å². The number of aromatic nitrogens is 3. The molecule has 0 aliphatic rings. The van der Waals surface area contributed by atoms with Gasteiger partial charge in [0.2, 0.25) is 0 Å². The number of amides is 2. The second-order valence-electron chi connectivity index (χ2n) is 6.08. The topological polar surface area (TPSA) is 129 Å². The third-order valence-corrected chi connectivity index (χ3v) is 5.36. The van der Waals surface area contributed by atoms with Crippen LogP contribution in [-0.4, -0.2) is 39.5 Å². The van der Waals surface area contributed by atoms with Gasteiger partial charge in [0.1, 0.15) is 16.4 Å². The van der Waals surface area contributed by atoms with Crippen LogP contribution in [0.4, 0.5) is 22.6 Å². The third-order valence-electron chi connectivity index (χ3n) is 4.14. The zero-order chi connectivity index (χ0) is 23.0. The lowest BCUT2D eigenvalue weighted by molar-refractivity contribution is 0.0601. The lowest BCUT2D eigenvalue weighted by Gasteiger charge is -2.06. The molecular weight excluding hydrogens is 446 g/mol. The molecule has 3 rings (SSSR count). The smallest absolute Gasteiger partial charge is 0.341 e. The SMILES string of the molecule is COC(=O)c1c(NC(=O)c2cc3nc(C(F)F)cc(C(F)F)n3n2)sc(C(N)=O)c1C. The van der Waals surface area contributed by atoms with E-state index in [4.69, 9.17) is 5.73 Å². The Kier molecular flexibility index (Phi) is 5.92. The van der Waals surface area contributed by atoms with E-state index >= 15 is 0 Å². The van der Waals surface area contributed by atoms with Crippen molar-refractivity contribution in [3.63, 3.8) is 0 Å². The minimum absolute atomic E-state index is 0.00562. The normalized spacial score (nSPS) is 11.4. The number of nitrogens with zero attached hydrogens (tertiary/aromatic N) is 3. The average molecular weight is 459 g/mol. The van der Waals surface area contributed by atoms with Gasteiger partial charge < -0.3 is 15.8 Å². The number of hydrogen-bond acceptors (Lipinski definition) is 7. The Morgan fingerprint density at radius 3 is 2.42 bits per heavy atom. The molecule has 164 valence electrons. The first-order valence-corrected chi connectivity index (χ1v) is 9.16. The molecule has 9 nitrogen and oxygen atoms in total. The highest BCUT2D eigenvalue weighted by atomic mass is 32.1. The molecule has 0 aromatic carbocycles. The second kappa shape index (κ2) is 8.29. The Morgan fingerprint density at radius 1 is 1.19 bits per heavy atom. The predicted octanol–water partition coefficient (Wildman–Crippen LogP) is 3.11. The van der Waals surface area contributed by atoms with Crippen LogP contribution in [-0.2, 0) is 4.74 Å². The molecule has 0 spiro atoms. The van der Waals surface area contributed by atoms with E-state index in [1.54, 1.807) is 0 Å². The molecule has 3 N–H and O–H groups in total. The summed E-state index contributed by atoms with van der Waals surface area (Å²) in [4.78, 5) is 39.8. The standard InChI is InChI=1S/C17H13F4N5O4S/c1-5-10(17(29)30-2)16(31-11(5)14(22)27)24-15(28)7-4-9-23-6(12(18)19)3-8(13(20)21)26(9)25-7/h3-4,12-13H,1-2H3,(H2,22,27)(H,24,28). The first kappa shape index (κ1) is 22.1. The van der Waals surface area contributed by atoms with Crippen LogP contribution in [0.1, 0.15) is 60.3 Å². The summed E-state index contributed by atoms with van der Waals surface area (Å²) in [6.07, 6.45) is -6.28. The summed E-state index contributed by atoms with van der Waals surface area (Å²) < 4.78 is 57.7. The Bertz CT molecular complexity index is 1210. The fraction of sp³-hybridized carbons (Fsp3) is 0.235. The van der Waals surface area contributed by atoms with E-state index in [2.05, 4.69) is 20.1 Å². The maximum atomic E-state index is 13.3. The number of carbonyl (C=O) groups excluding carboxylic acids is 3. The van der Waals surface area contributed by atoms with E-state index in [0.717, 1.165) is 13.2 Å². The molecule has 2 amide bonds. The van der Waals surface area contributed by atoms with Crippen molar-refractivity contribution in [2.24, 2.45) is 5.73 Å². The molecular formula is C17H13F4N5O4S. The maximum Gasteiger partial charge on any atom is 0.341 e. The van der Waals surface area contributed by atoms with E-state index in [1.165, 1.54) is 6.92 Å².